The van der Waals surface area contributed by atoms with Gasteiger partial charge >= 0.3 is 6.03 Å². The minimum Gasteiger partial charge on any atom is -0.379 e. The number of likely N-dealkylation sites (tertiary alicyclic amines) is 1. The van der Waals surface area contributed by atoms with Crippen LogP contribution in [0.5, 0.6) is 0 Å². The summed E-state index contributed by atoms with van der Waals surface area (Å²) in [6.45, 7) is 11.8. The second-order valence-corrected chi connectivity index (χ2v) is 8.28. The summed E-state index contributed by atoms with van der Waals surface area (Å²) >= 11 is 0. The number of nitrogens with zero attached hydrogens (tertiary/aromatic N) is 2. The highest BCUT2D eigenvalue weighted by molar-refractivity contribution is 5.74. The molecule has 2 aliphatic rings. The van der Waals surface area contributed by atoms with Gasteiger partial charge in [0.15, 0.2) is 0 Å². The molecule has 2 amide bonds. The number of carbonyl (C=O) groups excluding carboxylic acids is 1. The van der Waals surface area contributed by atoms with Gasteiger partial charge in [0.05, 0.1) is 19.3 Å². The molecule has 6 heteroatoms. The number of nitrogens with one attached hydrogen (secondary N) is 1. The van der Waals surface area contributed by atoms with Gasteiger partial charge in [0.1, 0.15) is 0 Å². The van der Waals surface area contributed by atoms with Crippen LogP contribution in [0.1, 0.15) is 37.8 Å². The van der Waals surface area contributed by atoms with E-state index in [4.69, 9.17) is 9.47 Å². The molecule has 156 valence electrons. The van der Waals surface area contributed by atoms with Gasteiger partial charge in [-0.3, -0.25) is 4.90 Å². The molecule has 0 aliphatic carbocycles. The fourth-order valence-electron chi connectivity index (χ4n) is 3.62. The predicted molar refractivity (Wildman–Crippen MR) is 110 cm³/mol. The molecular formula is C22H35N3O3. The van der Waals surface area contributed by atoms with Crippen molar-refractivity contribution < 1.29 is 14.3 Å². The lowest BCUT2D eigenvalue weighted by Gasteiger charge is -2.32. The van der Waals surface area contributed by atoms with E-state index in [2.05, 4.69) is 48.3 Å². The molecule has 0 saturated carbocycles. The number of hydrogen-bond donors (Lipinski definition) is 1. The number of amides is 2. The van der Waals surface area contributed by atoms with Gasteiger partial charge in [-0.1, -0.05) is 38.1 Å². The third-order valence-electron chi connectivity index (χ3n) is 5.37. The first-order valence-corrected chi connectivity index (χ1v) is 10.6. The van der Waals surface area contributed by atoms with E-state index in [1.54, 1.807) is 0 Å². The highest BCUT2D eigenvalue weighted by Gasteiger charge is 2.23. The molecule has 0 aromatic heterocycles. The molecule has 6 nitrogen and oxygen atoms in total. The summed E-state index contributed by atoms with van der Waals surface area (Å²) in [4.78, 5) is 16.7. The lowest BCUT2D eigenvalue weighted by Crippen LogP contribution is -2.45. The lowest BCUT2D eigenvalue weighted by molar-refractivity contribution is 0.00211. The minimum atomic E-state index is 0.0275. The molecule has 1 N–H and O–H groups in total. The van der Waals surface area contributed by atoms with Crippen LogP contribution in [0.25, 0.3) is 0 Å². The van der Waals surface area contributed by atoms with Crippen molar-refractivity contribution in [3.05, 3.63) is 35.4 Å². The van der Waals surface area contributed by atoms with Gasteiger partial charge in [-0.2, -0.15) is 0 Å². The van der Waals surface area contributed by atoms with Crippen LogP contribution in [0, 0.1) is 5.92 Å². The number of carbonyl (C=O) groups is 1. The highest BCUT2D eigenvalue weighted by Crippen LogP contribution is 2.15. The standard InChI is InChI=1S/C22H35N3O3/c1-18(2)17-28-21-7-9-25(10-8-21)22(26)23-15-19-3-5-20(6-4-19)16-24-11-13-27-14-12-24/h3-6,18,21H,7-17H2,1-2H3,(H,23,26). The van der Waals surface area contributed by atoms with Crippen LogP contribution in [0.4, 0.5) is 4.79 Å². The first-order valence-electron chi connectivity index (χ1n) is 10.6. The van der Waals surface area contributed by atoms with Crippen molar-refractivity contribution >= 4 is 6.03 Å². The number of morpholine rings is 1. The van der Waals surface area contributed by atoms with Crippen LogP contribution in [-0.4, -0.2) is 67.9 Å². The maximum absolute atomic E-state index is 12.4. The summed E-state index contributed by atoms with van der Waals surface area (Å²) in [5.41, 5.74) is 2.44. The number of piperidine rings is 1. The second kappa shape index (κ2) is 10.8. The molecule has 2 aliphatic heterocycles. The first-order chi connectivity index (χ1) is 13.6. The first kappa shape index (κ1) is 21.1. The Labute approximate surface area is 169 Å². The van der Waals surface area contributed by atoms with E-state index in [0.717, 1.165) is 70.9 Å². The maximum Gasteiger partial charge on any atom is 0.317 e. The Balaban J connectivity index is 1.36. The van der Waals surface area contributed by atoms with Crippen molar-refractivity contribution in [3.63, 3.8) is 0 Å². The smallest absolute Gasteiger partial charge is 0.317 e. The Morgan fingerprint density at radius 2 is 1.75 bits per heavy atom. The van der Waals surface area contributed by atoms with Crippen LogP contribution in [-0.2, 0) is 22.6 Å². The maximum atomic E-state index is 12.4. The Morgan fingerprint density at radius 3 is 2.39 bits per heavy atom. The third kappa shape index (κ3) is 6.76. The van der Waals surface area contributed by atoms with Gasteiger partial charge in [-0.15, -0.1) is 0 Å². The van der Waals surface area contributed by atoms with Gasteiger partial charge in [0.25, 0.3) is 0 Å². The normalized spacial score (nSPS) is 19.2. The molecule has 3 rings (SSSR count). The Morgan fingerprint density at radius 1 is 1.11 bits per heavy atom. The monoisotopic (exact) mass is 389 g/mol. The van der Waals surface area contributed by atoms with Gasteiger partial charge < -0.3 is 19.7 Å². The molecule has 1 aromatic rings. The van der Waals surface area contributed by atoms with E-state index in [-0.39, 0.29) is 6.03 Å². The summed E-state index contributed by atoms with van der Waals surface area (Å²) in [5.74, 6) is 0.557. The van der Waals surface area contributed by atoms with E-state index in [9.17, 15) is 4.79 Å². The largest absolute Gasteiger partial charge is 0.379 e. The van der Waals surface area contributed by atoms with Crippen LogP contribution in [0.2, 0.25) is 0 Å². The second-order valence-electron chi connectivity index (χ2n) is 8.28. The molecule has 2 saturated heterocycles. The van der Waals surface area contributed by atoms with Crippen molar-refractivity contribution in [2.24, 2.45) is 5.92 Å². The summed E-state index contributed by atoms with van der Waals surface area (Å²) in [5, 5.41) is 3.05. The zero-order chi connectivity index (χ0) is 19.8. The topological polar surface area (TPSA) is 54.0 Å². The van der Waals surface area contributed by atoms with Crippen LogP contribution >= 0.6 is 0 Å². The Hall–Kier alpha value is -1.63. The number of rotatable bonds is 7. The van der Waals surface area contributed by atoms with E-state index in [1.807, 2.05) is 4.90 Å². The third-order valence-corrected chi connectivity index (χ3v) is 5.37. The van der Waals surface area contributed by atoms with E-state index in [0.29, 0.717) is 18.6 Å². The number of urea groups is 1. The summed E-state index contributed by atoms with van der Waals surface area (Å²) in [6.07, 6.45) is 2.15. The van der Waals surface area contributed by atoms with E-state index >= 15 is 0 Å². The lowest BCUT2D eigenvalue weighted by atomic mass is 10.1. The van der Waals surface area contributed by atoms with Crippen molar-refractivity contribution in [1.29, 1.82) is 0 Å². The molecule has 0 bridgehead atoms. The fourth-order valence-corrected chi connectivity index (χ4v) is 3.62. The molecular weight excluding hydrogens is 354 g/mol. The quantitative estimate of drug-likeness (QED) is 0.779. The van der Waals surface area contributed by atoms with Crippen molar-refractivity contribution in [3.8, 4) is 0 Å². The predicted octanol–water partition coefficient (Wildman–Crippen LogP) is 2.87. The van der Waals surface area contributed by atoms with E-state index in [1.165, 1.54) is 5.56 Å². The zero-order valence-electron chi connectivity index (χ0n) is 17.4. The Bertz CT molecular complexity index is 592. The fraction of sp³-hybridized carbons (Fsp3) is 0.682. The van der Waals surface area contributed by atoms with Gasteiger partial charge in [0, 0.05) is 45.9 Å². The zero-order valence-corrected chi connectivity index (χ0v) is 17.4. The average Bonchev–Trinajstić information content (AvgIpc) is 2.72. The van der Waals surface area contributed by atoms with E-state index < -0.39 is 0 Å². The van der Waals surface area contributed by atoms with Gasteiger partial charge in [-0.25, -0.2) is 4.79 Å². The molecule has 0 radical (unpaired) electrons. The molecule has 0 unspecified atom stereocenters. The molecule has 1 aromatic carbocycles. The molecule has 2 fully saturated rings. The molecule has 28 heavy (non-hydrogen) atoms. The Kier molecular flexibility index (Phi) is 8.13. The van der Waals surface area contributed by atoms with Gasteiger partial charge in [0.2, 0.25) is 0 Å². The van der Waals surface area contributed by atoms with Crippen LogP contribution in [0.15, 0.2) is 24.3 Å². The van der Waals surface area contributed by atoms with Crippen molar-refractivity contribution in [1.82, 2.24) is 15.1 Å². The molecule has 0 atom stereocenters. The van der Waals surface area contributed by atoms with Crippen LogP contribution in [0.3, 0.4) is 0 Å². The summed E-state index contributed by atoms with van der Waals surface area (Å²) < 4.78 is 11.3. The number of hydrogen-bond acceptors (Lipinski definition) is 4. The minimum absolute atomic E-state index is 0.0275. The molecule has 0 spiro atoms. The molecule has 2 heterocycles. The average molecular weight is 390 g/mol. The highest BCUT2D eigenvalue weighted by atomic mass is 16.5. The number of ether oxygens (including phenoxy) is 2. The van der Waals surface area contributed by atoms with Gasteiger partial charge in [-0.05, 0) is 29.9 Å². The summed E-state index contributed by atoms with van der Waals surface area (Å²) in [7, 11) is 0. The van der Waals surface area contributed by atoms with Crippen molar-refractivity contribution in [2.75, 3.05) is 46.0 Å². The number of benzene rings is 1. The summed E-state index contributed by atoms with van der Waals surface area (Å²) in [6, 6.07) is 8.58. The van der Waals surface area contributed by atoms with Crippen LogP contribution < -0.4 is 5.32 Å². The SMILES string of the molecule is CC(C)COC1CCN(C(=O)NCc2ccc(CN3CCOCC3)cc2)CC1. The van der Waals surface area contributed by atoms with Crippen molar-refractivity contribution in [2.45, 2.75) is 45.9 Å².